The number of nitrogens with zero attached hydrogens (tertiary/aromatic N) is 2. The number of oxime groups is 1. The quantitative estimate of drug-likeness (QED) is 0.456. The lowest BCUT2D eigenvalue weighted by Crippen LogP contribution is -2.42. The average molecular weight is 495 g/mol. The van der Waals surface area contributed by atoms with Crippen LogP contribution in [-0.4, -0.2) is 24.2 Å². The molecule has 0 aromatic heterocycles. The van der Waals surface area contributed by atoms with Crippen molar-refractivity contribution >= 4 is 58.5 Å². The summed E-state index contributed by atoms with van der Waals surface area (Å²) >= 11 is 17.9. The highest BCUT2D eigenvalue weighted by molar-refractivity contribution is 6.35. The van der Waals surface area contributed by atoms with Crippen molar-refractivity contribution in [1.29, 1.82) is 0 Å². The van der Waals surface area contributed by atoms with Gasteiger partial charge in [0.05, 0.1) is 16.4 Å². The van der Waals surface area contributed by atoms with Crippen LogP contribution in [-0.2, 0) is 20.0 Å². The third-order valence-electron chi connectivity index (χ3n) is 4.53. The molecule has 2 aromatic rings. The summed E-state index contributed by atoms with van der Waals surface area (Å²) in [4.78, 5) is 27.6. The molecule has 0 spiro atoms. The van der Waals surface area contributed by atoms with Crippen LogP contribution in [0.2, 0.25) is 15.1 Å². The normalized spacial score (nSPS) is 18.2. The first kappa shape index (κ1) is 23.2. The smallest absolute Gasteiger partial charge is 0.374 e. The van der Waals surface area contributed by atoms with E-state index in [0.717, 1.165) is 17.1 Å². The van der Waals surface area contributed by atoms with E-state index < -0.39 is 24.1 Å². The fraction of sp³-hybridized carbons (Fsp3) is 0.211. The van der Waals surface area contributed by atoms with Crippen molar-refractivity contribution in [3.05, 3.63) is 62.6 Å². The Kier molecular flexibility index (Phi) is 6.40. The summed E-state index contributed by atoms with van der Waals surface area (Å²) in [6, 6.07) is 7.62. The van der Waals surface area contributed by atoms with Crippen LogP contribution >= 0.6 is 34.8 Å². The summed E-state index contributed by atoms with van der Waals surface area (Å²) in [5, 5.41) is 4.60. The fourth-order valence-electron chi connectivity index (χ4n) is 3.09. The molecular formula is C19H13Cl3F3N3O3. The topological polar surface area (TPSA) is 71.0 Å². The molecular weight excluding hydrogens is 482 g/mol. The van der Waals surface area contributed by atoms with Crippen molar-refractivity contribution in [1.82, 2.24) is 5.43 Å². The Morgan fingerprint density at radius 2 is 1.84 bits per heavy atom. The number of anilines is 1. The Bertz CT molecular complexity index is 1060. The minimum atomic E-state index is -4.86. The van der Waals surface area contributed by atoms with E-state index >= 15 is 0 Å². The summed E-state index contributed by atoms with van der Waals surface area (Å²) in [6.45, 7) is 1.17. The first-order chi connectivity index (χ1) is 14.5. The van der Waals surface area contributed by atoms with Crippen molar-refractivity contribution in [3.63, 3.8) is 0 Å². The number of carbonyl (C=O) groups excluding carboxylic acids is 2. The SMILES string of the molecule is CC(=O)N(NC=O)c1cc(C2=NOC(c3cc(Cl)cc(Cl)c3)(C(F)(F)F)C2)ccc1Cl. The van der Waals surface area contributed by atoms with Crippen molar-refractivity contribution in [2.45, 2.75) is 25.1 Å². The Hall–Kier alpha value is -2.49. The van der Waals surface area contributed by atoms with Crippen molar-refractivity contribution < 1.29 is 27.6 Å². The standard InChI is InChI=1S/C19H13Cl3F3N3O3/c1-10(30)28(26-9-29)17-4-11(2-3-15(17)22)16-8-18(31-27-16,19(23,24)25)12-5-13(20)7-14(21)6-12/h2-7,9H,8H2,1H3,(H,26,29). The average Bonchev–Trinajstić information content (AvgIpc) is 3.13. The molecule has 2 aromatic carbocycles. The molecule has 31 heavy (non-hydrogen) atoms. The van der Waals surface area contributed by atoms with E-state index in [1.807, 2.05) is 0 Å². The highest BCUT2D eigenvalue weighted by Crippen LogP contribution is 2.50. The van der Waals surface area contributed by atoms with E-state index in [-0.39, 0.29) is 44.0 Å². The van der Waals surface area contributed by atoms with Crippen LogP contribution in [0.15, 0.2) is 41.6 Å². The molecule has 1 aliphatic rings. The van der Waals surface area contributed by atoms with Gasteiger partial charge in [-0.25, -0.2) is 5.01 Å². The Balaban J connectivity index is 2.04. The molecule has 2 amide bonds. The summed E-state index contributed by atoms with van der Waals surface area (Å²) in [5.41, 5.74) is -0.736. The van der Waals surface area contributed by atoms with E-state index in [1.165, 1.54) is 31.2 Å². The molecule has 1 heterocycles. The van der Waals surface area contributed by atoms with E-state index in [0.29, 0.717) is 0 Å². The van der Waals surface area contributed by atoms with Crippen LogP contribution < -0.4 is 10.4 Å². The monoisotopic (exact) mass is 493 g/mol. The molecule has 1 N–H and O–H groups in total. The minimum absolute atomic E-state index is 0.00833. The number of rotatable bonds is 5. The summed E-state index contributed by atoms with van der Waals surface area (Å²) in [7, 11) is 0. The van der Waals surface area contributed by atoms with Crippen LogP contribution in [0.4, 0.5) is 18.9 Å². The highest BCUT2D eigenvalue weighted by Gasteiger charge is 2.62. The second-order valence-electron chi connectivity index (χ2n) is 6.56. The Labute approximate surface area is 189 Å². The summed E-state index contributed by atoms with van der Waals surface area (Å²) in [5.74, 6) is -0.575. The van der Waals surface area contributed by atoms with E-state index in [1.54, 1.807) is 0 Å². The Morgan fingerprint density at radius 3 is 2.39 bits per heavy atom. The highest BCUT2D eigenvalue weighted by atomic mass is 35.5. The van der Waals surface area contributed by atoms with Crippen LogP contribution in [0, 0.1) is 0 Å². The lowest BCUT2D eigenvalue weighted by atomic mass is 9.86. The molecule has 6 nitrogen and oxygen atoms in total. The predicted molar refractivity (Wildman–Crippen MR) is 110 cm³/mol. The van der Waals surface area contributed by atoms with Gasteiger partial charge in [-0.2, -0.15) is 13.2 Å². The summed E-state index contributed by atoms with van der Waals surface area (Å²) < 4.78 is 42.4. The Morgan fingerprint density at radius 1 is 1.19 bits per heavy atom. The maximum Gasteiger partial charge on any atom is 0.435 e. The number of benzene rings is 2. The van der Waals surface area contributed by atoms with Gasteiger partial charge < -0.3 is 4.84 Å². The van der Waals surface area contributed by atoms with Crippen molar-refractivity contribution in [2.24, 2.45) is 5.16 Å². The number of carbonyl (C=O) groups is 2. The number of amides is 2. The van der Waals surface area contributed by atoms with Gasteiger partial charge in [-0.15, -0.1) is 0 Å². The predicted octanol–water partition coefficient (Wildman–Crippen LogP) is 5.24. The first-order valence-electron chi connectivity index (χ1n) is 8.57. The fourth-order valence-corrected chi connectivity index (χ4v) is 3.82. The van der Waals surface area contributed by atoms with E-state index in [9.17, 15) is 22.8 Å². The molecule has 1 atom stereocenters. The zero-order chi connectivity index (χ0) is 23.0. The van der Waals surface area contributed by atoms with Crippen molar-refractivity contribution in [2.75, 3.05) is 5.01 Å². The molecule has 3 rings (SSSR count). The molecule has 12 heteroatoms. The van der Waals surface area contributed by atoms with E-state index in [2.05, 4.69) is 10.6 Å². The van der Waals surface area contributed by atoms with Gasteiger partial charge in [0.15, 0.2) is 0 Å². The number of halogens is 6. The van der Waals surface area contributed by atoms with Crippen LogP contribution in [0.5, 0.6) is 0 Å². The number of alkyl halides is 3. The maximum atomic E-state index is 14.1. The lowest BCUT2D eigenvalue weighted by Gasteiger charge is -2.29. The van der Waals surface area contributed by atoms with Crippen LogP contribution in [0.1, 0.15) is 24.5 Å². The van der Waals surface area contributed by atoms with Gasteiger partial charge in [0, 0.05) is 34.5 Å². The molecule has 0 aliphatic carbocycles. The third kappa shape index (κ3) is 4.44. The lowest BCUT2D eigenvalue weighted by molar-refractivity contribution is -0.275. The first-order valence-corrected chi connectivity index (χ1v) is 9.70. The second-order valence-corrected chi connectivity index (χ2v) is 7.84. The van der Waals surface area contributed by atoms with Crippen LogP contribution in [0.3, 0.4) is 0 Å². The molecule has 0 fully saturated rings. The van der Waals surface area contributed by atoms with Crippen molar-refractivity contribution in [3.8, 4) is 0 Å². The molecule has 164 valence electrons. The molecule has 0 saturated heterocycles. The van der Waals surface area contributed by atoms with Gasteiger partial charge in [0.2, 0.25) is 12.3 Å². The molecule has 1 aliphatic heterocycles. The van der Waals surface area contributed by atoms with Gasteiger partial charge in [0.25, 0.3) is 5.60 Å². The van der Waals surface area contributed by atoms with Gasteiger partial charge in [-0.05, 0) is 30.3 Å². The molecule has 1 unspecified atom stereocenters. The van der Waals surface area contributed by atoms with Gasteiger partial charge >= 0.3 is 6.18 Å². The summed E-state index contributed by atoms with van der Waals surface area (Å²) in [6.07, 6.45) is -5.28. The molecule has 0 saturated carbocycles. The van der Waals surface area contributed by atoms with Gasteiger partial charge in [0.1, 0.15) is 0 Å². The zero-order valence-corrected chi connectivity index (χ0v) is 17.9. The van der Waals surface area contributed by atoms with E-state index in [4.69, 9.17) is 39.6 Å². The minimum Gasteiger partial charge on any atom is -0.374 e. The zero-order valence-electron chi connectivity index (χ0n) is 15.6. The number of hydrogen-bond acceptors (Lipinski definition) is 4. The molecule has 0 bridgehead atoms. The third-order valence-corrected chi connectivity index (χ3v) is 5.29. The largest absolute Gasteiger partial charge is 0.435 e. The van der Waals surface area contributed by atoms with Crippen LogP contribution in [0.25, 0.3) is 0 Å². The maximum absolute atomic E-state index is 14.1. The number of hydrazine groups is 1. The molecule has 0 radical (unpaired) electrons. The van der Waals surface area contributed by atoms with Gasteiger partial charge in [-0.3, -0.25) is 15.0 Å². The van der Waals surface area contributed by atoms with Gasteiger partial charge in [-0.1, -0.05) is 46.0 Å². The number of nitrogens with one attached hydrogen (secondary N) is 1. The second kappa shape index (κ2) is 8.57. The number of hydrogen-bond donors (Lipinski definition) is 1.